The van der Waals surface area contributed by atoms with Crippen molar-refractivity contribution in [2.45, 2.75) is 13.8 Å². The molecule has 7 nitrogen and oxygen atoms in total. The number of hydrogen-bond donors (Lipinski definition) is 2. The Kier molecular flexibility index (Phi) is 6.66. The quantitative estimate of drug-likeness (QED) is 0.751. The summed E-state index contributed by atoms with van der Waals surface area (Å²) in [5.41, 5.74) is 1.79. The second kappa shape index (κ2) is 8.94. The van der Waals surface area contributed by atoms with Crippen LogP contribution in [0, 0.1) is 5.92 Å². The normalized spacial score (nSPS) is 10.4. The van der Waals surface area contributed by atoms with Gasteiger partial charge in [-0.3, -0.25) is 9.78 Å². The standard InChI is InChI=1S/C19H25N3O4/c1-12(2)9-21-15-6-13(10-20-11-15)19(23)22-14-7-16(24-3)18(26-5)17(8-14)25-4/h6-8,10-12,21H,9H2,1-5H3,(H,22,23). The highest BCUT2D eigenvalue weighted by Crippen LogP contribution is 2.40. The molecule has 0 aliphatic rings. The molecule has 0 fully saturated rings. The fourth-order valence-corrected chi connectivity index (χ4v) is 2.34. The molecule has 1 aromatic carbocycles. The van der Waals surface area contributed by atoms with Crippen molar-refractivity contribution >= 4 is 17.3 Å². The summed E-state index contributed by atoms with van der Waals surface area (Å²) in [7, 11) is 4.58. The predicted octanol–water partition coefficient (Wildman–Crippen LogP) is 3.43. The summed E-state index contributed by atoms with van der Waals surface area (Å²) >= 11 is 0. The molecule has 2 N–H and O–H groups in total. The lowest BCUT2D eigenvalue weighted by atomic mass is 10.2. The summed E-state index contributed by atoms with van der Waals surface area (Å²) in [6.07, 6.45) is 3.21. The molecule has 7 heteroatoms. The van der Waals surface area contributed by atoms with Crippen molar-refractivity contribution in [1.82, 2.24) is 4.98 Å². The SMILES string of the molecule is COc1cc(NC(=O)c2cncc(NCC(C)C)c2)cc(OC)c1OC. The maximum atomic E-state index is 12.6. The number of methoxy groups -OCH3 is 3. The van der Waals surface area contributed by atoms with Crippen molar-refractivity contribution < 1.29 is 19.0 Å². The number of anilines is 2. The Hall–Kier alpha value is -2.96. The van der Waals surface area contributed by atoms with Gasteiger partial charge in [0.25, 0.3) is 5.91 Å². The van der Waals surface area contributed by atoms with E-state index in [0.717, 1.165) is 12.2 Å². The summed E-state index contributed by atoms with van der Waals surface area (Å²) in [5, 5.41) is 6.08. The van der Waals surface area contributed by atoms with Gasteiger partial charge in [0.05, 0.1) is 32.6 Å². The average molecular weight is 359 g/mol. The van der Waals surface area contributed by atoms with Gasteiger partial charge in [-0.2, -0.15) is 0 Å². The molecule has 0 bridgehead atoms. The van der Waals surface area contributed by atoms with Crippen molar-refractivity contribution in [3.05, 3.63) is 36.2 Å². The zero-order valence-corrected chi connectivity index (χ0v) is 15.8. The van der Waals surface area contributed by atoms with Crippen LogP contribution in [0.3, 0.4) is 0 Å². The van der Waals surface area contributed by atoms with Crippen LogP contribution >= 0.6 is 0 Å². The van der Waals surface area contributed by atoms with E-state index >= 15 is 0 Å². The number of nitrogens with one attached hydrogen (secondary N) is 2. The summed E-state index contributed by atoms with van der Waals surface area (Å²) in [4.78, 5) is 16.7. The van der Waals surface area contributed by atoms with Gasteiger partial charge in [0.1, 0.15) is 0 Å². The first kappa shape index (κ1) is 19.4. The lowest BCUT2D eigenvalue weighted by molar-refractivity contribution is 0.102. The number of benzene rings is 1. The third-order valence-electron chi connectivity index (χ3n) is 3.64. The maximum absolute atomic E-state index is 12.6. The highest BCUT2D eigenvalue weighted by molar-refractivity contribution is 6.04. The van der Waals surface area contributed by atoms with E-state index in [1.807, 2.05) is 0 Å². The number of hydrogen-bond acceptors (Lipinski definition) is 6. The summed E-state index contributed by atoms with van der Waals surface area (Å²) in [6, 6.07) is 5.11. The van der Waals surface area contributed by atoms with Crippen LogP contribution in [0.15, 0.2) is 30.6 Å². The molecular formula is C19H25N3O4. The van der Waals surface area contributed by atoms with Gasteiger partial charge in [0, 0.05) is 36.8 Å². The van der Waals surface area contributed by atoms with E-state index in [-0.39, 0.29) is 5.91 Å². The van der Waals surface area contributed by atoms with E-state index in [0.29, 0.717) is 34.4 Å². The van der Waals surface area contributed by atoms with Gasteiger partial charge in [-0.25, -0.2) is 0 Å². The number of amides is 1. The molecular weight excluding hydrogens is 334 g/mol. The van der Waals surface area contributed by atoms with Crippen molar-refractivity contribution in [3.63, 3.8) is 0 Å². The summed E-state index contributed by atoms with van der Waals surface area (Å²) < 4.78 is 15.9. The first-order valence-corrected chi connectivity index (χ1v) is 8.28. The number of carbonyl (C=O) groups is 1. The minimum absolute atomic E-state index is 0.278. The Bertz CT molecular complexity index is 737. The van der Waals surface area contributed by atoms with Crippen LogP contribution in [0.1, 0.15) is 24.2 Å². The molecule has 0 radical (unpaired) electrons. The van der Waals surface area contributed by atoms with E-state index in [2.05, 4.69) is 29.5 Å². The average Bonchev–Trinajstić information content (AvgIpc) is 2.65. The number of carbonyl (C=O) groups excluding carboxylic acids is 1. The van der Waals surface area contributed by atoms with Crippen molar-refractivity contribution in [2.24, 2.45) is 5.92 Å². The second-order valence-corrected chi connectivity index (χ2v) is 6.11. The van der Waals surface area contributed by atoms with Crippen LogP contribution in [0.4, 0.5) is 11.4 Å². The molecule has 2 rings (SSSR count). The van der Waals surface area contributed by atoms with Crippen LogP contribution in [0.25, 0.3) is 0 Å². The molecule has 1 aromatic heterocycles. The zero-order chi connectivity index (χ0) is 19.1. The van der Waals surface area contributed by atoms with Gasteiger partial charge >= 0.3 is 0 Å². The number of ether oxygens (including phenoxy) is 3. The van der Waals surface area contributed by atoms with E-state index in [1.165, 1.54) is 27.5 Å². The van der Waals surface area contributed by atoms with Crippen LogP contribution in [0.5, 0.6) is 17.2 Å². The Morgan fingerprint density at radius 2 is 1.65 bits per heavy atom. The minimum Gasteiger partial charge on any atom is -0.493 e. The minimum atomic E-state index is -0.278. The third-order valence-corrected chi connectivity index (χ3v) is 3.64. The van der Waals surface area contributed by atoms with E-state index < -0.39 is 0 Å². The van der Waals surface area contributed by atoms with Gasteiger partial charge in [-0.05, 0) is 12.0 Å². The predicted molar refractivity (Wildman–Crippen MR) is 102 cm³/mol. The molecule has 0 unspecified atom stereocenters. The summed E-state index contributed by atoms with van der Waals surface area (Å²) in [5.74, 6) is 1.61. The number of nitrogens with zero attached hydrogens (tertiary/aromatic N) is 1. The summed E-state index contributed by atoms with van der Waals surface area (Å²) in [6.45, 7) is 5.03. The highest BCUT2D eigenvalue weighted by Gasteiger charge is 2.15. The second-order valence-electron chi connectivity index (χ2n) is 6.11. The first-order valence-electron chi connectivity index (χ1n) is 8.28. The molecule has 0 atom stereocenters. The van der Waals surface area contributed by atoms with Crippen molar-refractivity contribution in [2.75, 3.05) is 38.5 Å². The van der Waals surface area contributed by atoms with E-state index in [9.17, 15) is 4.79 Å². The molecule has 1 amide bonds. The Morgan fingerprint density at radius 3 is 2.19 bits per heavy atom. The van der Waals surface area contributed by atoms with Crippen molar-refractivity contribution in [3.8, 4) is 17.2 Å². The topological polar surface area (TPSA) is 81.7 Å². The van der Waals surface area contributed by atoms with Gasteiger partial charge in [0.2, 0.25) is 5.75 Å². The smallest absolute Gasteiger partial charge is 0.257 e. The van der Waals surface area contributed by atoms with E-state index in [4.69, 9.17) is 14.2 Å². The fourth-order valence-electron chi connectivity index (χ4n) is 2.34. The molecule has 0 aliphatic heterocycles. The third kappa shape index (κ3) is 4.78. The van der Waals surface area contributed by atoms with Crippen molar-refractivity contribution in [1.29, 1.82) is 0 Å². The van der Waals surface area contributed by atoms with Crippen LogP contribution in [-0.2, 0) is 0 Å². The molecule has 26 heavy (non-hydrogen) atoms. The monoisotopic (exact) mass is 359 g/mol. The largest absolute Gasteiger partial charge is 0.493 e. The number of pyridine rings is 1. The van der Waals surface area contributed by atoms with E-state index in [1.54, 1.807) is 24.4 Å². The van der Waals surface area contributed by atoms with Gasteiger partial charge in [0.15, 0.2) is 11.5 Å². The Morgan fingerprint density at radius 1 is 1.00 bits per heavy atom. The molecule has 0 aliphatic carbocycles. The molecule has 0 saturated carbocycles. The molecule has 140 valence electrons. The van der Waals surface area contributed by atoms with Crippen LogP contribution in [0.2, 0.25) is 0 Å². The molecule has 0 saturated heterocycles. The lowest BCUT2D eigenvalue weighted by Crippen LogP contribution is -2.14. The van der Waals surface area contributed by atoms with Crippen LogP contribution in [-0.4, -0.2) is 38.8 Å². The zero-order valence-electron chi connectivity index (χ0n) is 15.8. The number of aromatic nitrogens is 1. The van der Waals surface area contributed by atoms with Gasteiger partial charge in [-0.15, -0.1) is 0 Å². The fraction of sp³-hybridized carbons (Fsp3) is 0.368. The molecule has 2 aromatic rings. The van der Waals surface area contributed by atoms with Crippen LogP contribution < -0.4 is 24.8 Å². The van der Waals surface area contributed by atoms with Gasteiger partial charge < -0.3 is 24.8 Å². The van der Waals surface area contributed by atoms with Gasteiger partial charge in [-0.1, -0.05) is 13.8 Å². The maximum Gasteiger partial charge on any atom is 0.257 e. The number of rotatable bonds is 8. The molecule has 0 spiro atoms. The first-order chi connectivity index (χ1) is 12.5. The lowest BCUT2D eigenvalue weighted by Gasteiger charge is -2.15. The highest BCUT2D eigenvalue weighted by atomic mass is 16.5. The Labute approximate surface area is 153 Å². The molecule has 1 heterocycles. The Balaban J connectivity index is 2.20.